The Morgan fingerprint density at radius 2 is 1.33 bits per heavy atom. The summed E-state index contributed by atoms with van der Waals surface area (Å²) in [5.74, 6) is 3.42. The van der Waals surface area contributed by atoms with Crippen molar-refractivity contribution < 1.29 is 9.47 Å². The van der Waals surface area contributed by atoms with E-state index < -0.39 is 5.41 Å². The van der Waals surface area contributed by atoms with Crippen molar-refractivity contribution in [3.8, 4) is 34.1 Å². The zero-order valence-electron chi connectivity index (χ0n) is 35.5. The molecule has 6 aliphatic rings. The van der Waals surface area contributed by atoms with Crippen molar-refractivity contribution in [2.45, 2.75) is 42.9 Å². The van der Waals surface area contributed by atoms with Crippen LogP contribution in [0.15, 0.2) is 218 Å². The number of allylic oxidation sites excluding steroid dienone is 12. The standard InChI is InChI=1S/C61H45NO2/c1-3-16-40(17-4-1)42-32-34-46(35-33-42)62(47-23-14-22-45(37-47)44-21-13-20-43(36-44)41-18-5-2-6-19-41)56-30-15-31-57-60(56)64-58-38-51-50-26-9-12-29-54(50)61(55(51)39-59(58)63-57)52-27-10-7-24-48(52)49-25-8-11-28-53(49)61/h2-3,5-20,22-24,26-39,44,49H,1,4,21,25H2. The van der Waals surface area contributed by atoms with Crippen molar-refractivity contribution in [1.82, 2.24) is 0 Å². The van der Waals surface area contributed by atoms with Crippen LogP contribution < -0.4 is 14.4 Å². The largest absolute Gasteiger partial charge is 0.449 e. The van der Waals surface area contributed by atoms with Gasteiger partial charge in [-0.1, -0.05) is 164 Å². The van der Waals surface area contributed by atoms with E-state index in [0.29, 0.717) is 17.4 Å². The molecule has 3 unspecified atom stereocenters. The van der Waals surface area contributed by atoms with E-state index in [1.807, 2.05) is 6.07 Å². The molecule has 3 nitrogen and oxygen atoms in total. The maximum atomic E-state index is 7.20. The van der Waals surface area contributed by atoms with Gasteiger partial charge in [-0.15, -0.1) is 0 Å². The van der Waals surface area contributed by atoms with Gasteiger partial charge in [0.15, 0.2) is 23.0 Å². The number of ether oxygens (including phenoxy) is 2. The molecule has 3 heteroatoms. The van der Waals surface area contributed by atoms with Gasteiger partial charge >= 0.3 is 0 Å². The van der Waals surface area contributed by atoms with Crippen LogP contribution in [0.4, 0.5) is 17.1 Å². The quantitative estimate of drug-likeness (QED) is 0.167. The molecule has 0 bridgehead atoms. The molecule has 0 saturated heterocycles. The summed E-state index contributed by atoms with van der Waals surface area (Å²) in [5.41, 5.74) is 18.1. The number of benzene rings is 7. The summed E-state index contributed by atoms with van der Waals surface area (Å²) in [5, 5.41) is 0. The van der Waals surface area contributed by atoms with E-state index in [1.54, 1.807) is 0 Å². The number of rotatable bonds is 6. The molecule has 7 aromatic rings. The summed E-state index contributed by atoms with van der Waals surface area (Å²) in [6.07, 6.45) is 24.9. The van der Waals surface area contributed by atoms with Crippen LogP contribution >= 0.6 is 0 Å². The summed E-state index contributed by atoms with van der Waals surface area (Å²) in [6.45, 7) is 0. The van der Waals surface area contributed by atoms with E-state index >= 15 is 0 Å². The Bertz CT molecular complexity index is 3230. The molecule has 0 radical (unpaired) electrons. The fourth-order valence-electron chi connectivity index (χ4n) is 11.4. The van der Waals surface area contributed by atoms with Crippen LogP contribution in [0.25, 0.3) is 22.3 Å². The van der Waals surface area contributed by atoms with Gasteiger partial charge < -0.3 is 14.4 Å². The van der Waals surface area contributed by atoms with Crippen LogP contribution in [0, 0.1) is 0 Å². The van der Waals surface area contributed by atoms with E-state index in [-0.39, 0.29) is 5.92 Å². The maximum absolute atomic E-state index is 7.20. The molecule has 0 saturated carbocycles. The van der Waals surface area contributed by atoms with Crippen molar-refractivity contribution in [3.05, 3.63) is 257 Å². The van der Waals surface area contributed by atoms with E-state index in [0.717, 1.165) is 54.2 Å². The predicted molar refractivity (Wildman–Crippen MR) is 261 cm³/mol. The lowest BCUT2D eigenvalue weighted by atomic mass is 9.69. The normalized spacial score (nSPS) is 20.3. The average molecular weight is 824 g/mol. The first-order valence-corrected chi connectivity index (χ1v) is 22.8. The number of nitrogens with zero attached hydrogens (tertiary/aromatic N) is 1. The zero-order valence-corrected chi connectivity index (χ0v) is 35.5. The topological polar surface area (TPSA) is 21.7 Å². The molecule has 306 valence electrons. The Labute approximate surface area is 375 Å². The molecular weight excluding hydrogens is 779 g/mol. The van der Waals surface area contributed by atoms with Crippen molar-refractivity contribution in [2.75, 3.05) is 4.90 Å². The maximum Gasteiger partial charge on any atom is 0.194 e. The third-order valence-corrected chi connectivity index (χ3v) is 14.3. The minimum absolute atomic E-state index is 0.237. The predicted octanol–water partition coefficient (Wildman–Crippen LogP) is 16.2. The number of hydrogen-bond acceptors (Lipinski definition) is 3. The molecule has 13 rings (SSSR count). The molecule has 1 heterocycles. The zero-order chi connectivity index (χ0) is 42.2. The van der Waals surface area contributed by atoms with E-state index in [4.69, 9.17) is 9.47 Å². The molecule has 7 aromatic carbocycles. The van der Waals surface area contributed by atoms with Crippen molar-refractivity contribution >= 4 is 28.2 Å². The third-order valence-electron chi connectivity index (χ3n) is 14.3. The molecule has 5 aliphatic carbocycles. The lowest BCUT2D eigenvalue weighted by Gasteiger charge is -2.34. The van der Waals surface area contributed by atoms with Gasteiger partial charge in [-0.25, -0.2) is 0 Å². The summed E-state index contributed by atoms with van der Waals surface area (Å²) in [7, 11) is 0. The summed E-state index contributed by atoms with van der Waals surface area (Å²) in [6, 6.07) is 57.6. The van der Waals surface area contributed by atoms with Gasteiger partial charge in [0.2, 0.25) is 0 Å². The molecular formula is C61H45NO2. The average Bonchev–Trinajstić information content (AvgIpc) is 3.83. The Hall–Kier alpha value is -7.62. The molecule has 0 fully saturated rings. The molecule has 1 aliphatic heterocycles. The fraction of sp³-hybridized carbons (Fsp3) is 0.115. The van der Waals surface area contributed by atoms with Crippen LogP contribution in [0.1, 0.15) is 76.5 Å². The van der Waals surface area contributed by atoms with Gasteiger partial charge in [0.25, 0.3) is 0 Å². The van der Waals surface area contributed by atoms with Crippen molar-refractivity contribution in [3.63, 3.8) is 0 Å². The second-order valence-electron chi connectivity index (χ2n) is 17.7. The Kier molecular flexibility index (Phi) is 8.52. The summed E-state index contributed by atoms with van der Waals surface area (Å²) in [4.78, 5) is 2.34. The lowest BCUT2D eigenvalue weighted by Crippen LogP contribution is -2.27. The highest BCUT2D eigenvalue weighted by molar-refractivity contribution is 5.91. The second kappa shape index (κ2) is 14.7. The highest BCUT2D eigenvalue weighted by atomic mass is 16.6. The summed E-state index contributed by atoms with van der Waals surface area (Å²) >= 11 is 0. The molecule has 0 amide bonds. The van der Waals surface area contributed by atoms with E-state index in [2.05, 4.69) is 211 Å². The SMILES string of the molecule is C1=CCC2C(=C1)C1(c3ccccc3-c3cc4c(cc31)Oc1cccc(N(c3ccc(C5=CCCC=C5)cc3)c3cccc(C5C=C(c6ccccc6)C=CC5)c3)c1O4)c1ccccc12. The summed E-state index contributed by atoms with van der Waals surface area (Å²) < 4.78 is 14.2. The van der Waals surface area contributed by atoms with Crippen LogP contribution in [0.5, 0.6) is 23.0 Å². The fourth-order valence-corrected chi connectivity index (χ4v) is 11.4. The van der Waals surface area contributed by atoms with Gasteiger partial charge in [0.1, 0.15) is 0 Å². The molecule has 3 atom stereocenters. The van der Waals surface area contributed by atoms with Crippen molar-refractivity contribution in [2.24, 2.45) is 0 Å². The first-order valence-electron chi connectivity index (χ1n) is 22.8. The van der Waals surface area contributed by atoms with Gasteiger partial charge in [-0.3, -0.25) is 0 Å². The first kappa shape index (κ1) is 37.0. The second-order valence-corrected chi connectivity index (χ2v) is 17.7. The number of hydrogen-bond donors (Lipinski definition) is 0. The van der Waals surface area contributed by atoms with E-state index in [1.165, 1.54) is 66.8 Å². The van der Waals surface area contributed by atoms with Crippen LogP contribution in [0.2, 0.25) is 0 Å². The minimum Gasteiger partial charge on any atom is -0.449 e. The number of fused-ring (bicyclic) bond motifs is 12. The Balaban J connectivity index is 0.936. The number of para-hydroxylation sites is 1. The Morgan fingerprint density at radius 1 is 0.531 bits per heavy atom. The van der Waals surface area contributed by atoms with Crippen LogP contribution in [-0.4, -0.2) is 0 Å². The molecule has 0 N–H and O–H groups in total. The molecule has 64 heavy (non-hydrogen) atoms. The smallest absolute Gasteiger partial charge is 0.194 e. The highest BCUT2D eigenvalue weighted by Gasteiger charge is 2.55. The van der Waals surface area contributed by atoms with Crippen molar-refractivity contribution in [1.29, 1.82) is 0 Å². The van der Waals surface area contributed by atoms with Gasteiger partial charge in [0.05, 0.1) is 11.1 Å². The van der Waals surface area contributed by atoms with Gasteiger partial charge in [0, 0.05) is 23.2 Å². The molecule has 0 aromatic heterocycles. The minimum atomic E-state index is -0.402. The van der Waals surface area contributed by atoms with E-state index in [9.17, 15) is 0 Å². The monoisotopic (exact) mass is 823 g/mol. The first-order chi connectivity index (χ1) is 31.7. The third kappa shape index (κ3) is 5.67. The highest BCUT2D eigenvalue weighted by Crippen LogP contribution is 2.67. The van der Waals surface area contributed by atoms with Gasteiger partial charge in [-0.2, -0.15) is 0 Å². The van der Waals surface area contributed by atoms with Gasteiger partial charge in [-0.05, 0) is 141 Å². The molecule has 1 spiro atoms. The lowest BCUT2D eigenvalue weighted by molar-refractivity contribution is 0.360. The number of anilines is 3. The Morgan fingerprint density at radius 3 is 2.22 bits per heavy atom. The van der Waals surface area contributed by atoms with Crippen LogP contribution in [-0.2, 0) is 5.41 Å². The van der Waals surface area contributed by atoms with Crippen LogP contribution in [0.3, 0.4) is 0 Å².